The van der Waals surface area contributed by atoms with Crippen LogP contribution in [-0.4, -0.2) is 52.6 Å². The fraction of sp³-hybridized carbons (Fsp3) is 0.273. The second kappa shape index (κ2) is 10.8. The van der Waals surface area contributed by atoms with Crippen LogP contribution in [0.5, 0.6) is 5.75 Å². The Kier molecular flexibility index (Phi) is 7.88. The third kappa shape index (κ3) is 7.60. The van der Waals surface area contributed by atoms with Crippen molar-refractivity contribution < 1.29 is 14.6 Å². The summed E-state index contributed by atoms with van der Waals surface area (Å²) in [6.07, 6.45) is 2.66. The lowest BCUT2D eigenvalue weighted by molar-refractivity contribution is 0.116. The van der Waals surface area contributed by atoms with E-state index in [1.807, 2.05) is 49.3 Å². The third-order valence-electron chi connectivity index (χ3n) is 4.28. The van der Waals surface area contributed by atoms with Gasteiger partial charge in [-0.2, -0.15) is 5.10 Å². The lowest BCUT2D eigenvalue weighted by Gasteiger charge is -2.15. The third-order valence-corrected chi connectivity index (χ3v) is 4.53. The molecular weight excluding hydrogens is 418 g/mol. The van der Waals surface area contributed by atoms with Crippen LogP contribution in [0.4, 0.5) is 16.2 Å². The predicted octanol–water partition coefficient (Wildman–Crippen LogP) is 3.68. The largest absolute Gasteiger partial charge is 0.489 e. The molecule has 1 atom stereocenters. The number of hydrogen-bond donors (Lipinski definition) is 3. The molecule has 0 saturated carbocycles. The van der Waals surface area contributed by atoms with Gasteiger partial charge in [-0.1, -0.05) is 29.8 Å². The number of rotatable bonds is 9. The summed E-state index contributed by atoms with van der Waals surface area (Å²) in [7, 11) is 3.78. The number of halogens is 1. The maximum atomic E-state index is 12.3. The summed E-state index contributed by atoms with van der Waals surface area (Å²) in [5, 5.41) is 20.3. The second-order valence-corrected chi connectivity index (χ2v) is 7.83. The average molecular weight is 444 g/mol. The number of ether oxygens (including phenoxy) is 1. The highest BCUT2D eigenvalue weighted by Crippen LogP contribution is 2.19. The van der Waals surface area contributed by atoms with E-state index in [9.17, 15) is 9.90 Å². The van der Waals surface area contributed by atoms with Gasteiger partial charge in [0.2, 0.25) is 0 Å². The van der Waals surface area contributed by atoms with Crippen molar-refractivity contribution in [2.75, 3.05) is 31.3 Å². The number of urea groups is 1. The zero-order valence-corrected chi connectivity index (χ0v) is 18.2. The van der Waals surface area contributed by atoms with Gasteiger partial charge >= 0.3 is 6.03 Å². The summed E-state index contributed by atoms with van der Waals surface area (Å²) in [6.45, 7) is 1.26. The maximum Gasteiger partial charge on any atom is 0.323 e. The highest BCUT2D eigenvalue weighted by molar-refractivity contribution is 6.30. The van der Waals surface area contributed by atoms with E-state index in [1.165, 1.54) is 6.20 Å². The molecule has 0 spiro atoms. The molecule has 0 aliphatic carbocycles. The van der Waals surface area contributed by atoms with Gasteiger partial charge in [0.05, 0.1) is 24.5 Å². The molecule has 0 saturated heterocycles. The van der Waals surface area contributed by atoms with Gasteiger partial charge < -0.3 is 25.4 Å². The lowest BCUT2D eigenvalue weighted by atomic mass is 10.2. The van der Waals surface area contributed by atoms with Gasteiger partial charge in [-0.05, 0) is 43.9 Å². The minimum Gasteiger partial charge on any atom is -0.489 e. The molecule has 0 aliphatic heterocycles. The number of carbonyl (C=O) groups excluding carboxylic acids is 1. The first-order valence-electron chi connectivity index (χ1n) is 9.78. The Balaban J connectivity index is 1.50. The van der Waals surface area contributed by atoms with Crippen LogP contribution in [0.1, 0.15) is 5.56 Å². The van der Waals surface area contributed by atoms with E-state index in [1.54, 1.807) is 29.1 Å². The monoisotopic (exact) mass is 443 g/mol. The zero-order valence-electron chi connectivity index (χ0n) is 17.5. The van der Waals surface area contributed by atoms with Crippen molar-refractivity contribution in [3.05, 3.63) is 71.5 Å². The summed E-state index contributed by atoms with van der Waals surface area (Å²) < 4.78 is 7.38. The summed E-state index contributed by atoms with van der Waals surface area (Å²) in [4.78, 5) is 14.2. The normalized spacial score (nSPS) is 11.9. The van der Waals surface area contributed by atoms with Crippen LogP contribution in [-0.2, 0) is 13.2 Å². The number of aromatic nitrogens is 2. The van der Waals surface area contributed by atoms with Crippen molar-refractivity contribution in [2.24, 2.45) is 0 Å². The number of aliphatic hydroxyl groups is 1. The van der Waals surface area contributed by atoms with Gasteiger partial charge in [-0.25, -0.2) is 4.79 Å². The van der Waals surface area contributed by atoms with Crippen molar-refractivity contribution in [3.63, 3.8) is 0 Å². The number of aliphatic hydroxyl groups excluding tert-OH is 1. The molecule has 3 N–H and O–H groups in total. The molecule has 3 rings (SSSR count). The molecule has 2 amide bonds. The molecule has 0 bridgehead atoms. The molecule has 31 heavy (non-hydrogen) atoms. The number of likely N-dealkylation sites (N-methyl/N-ethyl adjacent to an activating group) is 1. The molecule has 0 radical (unpaired) electrons. The fourth-order valence-electron chi connectivity index (χ4n) is 2.93. The fourth-order valence-corrected chi connectivity index (χ4v) is 3.05. The average Bonchev–Trinajstić information content (AvgIpc) is 3.13. The zero-order chi connectivity index (χ0) is 22.2. The van der Waals surface area contributed by atoms with Crippen LogP contribution in [0, 0.1) is 0 Å². The number of hydrogen-bond acceptors (Lipinski definition) is 5. The number of benzene rings is 2. The van der Waals surface area contributed by atoms with Crippen LogP contribution in [0.15, 0.2) is 60.9 Å². The summed E-state index contributed by atoms with van der Waals surface area (Å²) in [5.74, 6) is 0.635. The Morgan fingerprint density at radius 1 is 1.19 bits per heavy atom. The molecule has 2 aromatic carbocycles. The van der Waals surface area contributed by atoms with Gasteiger partial charge in [0, 0.05) is 29.5 Å². The molecule has 8 nitrogen and oxygen atoms in total. The van der Waals surface area contributed by atoms with Crippen molar-refractivity contribution in [1.82, 2.24) is 14.7 Å². The first kappa shape index (κ1) is 22.6. The summed E-state index contributed by atoms with van der Waals surface area (Å²) >= 11 is 5.89. The van der Waals surface area contributed by atoms with E-state index in [2.05, 4.69) is 15.7 Å². The van der Waals surface area contributed by atoms with Gasteiger partial charge in [0.1, 0.15) is 12.4 Å². The smallest absolute Gasteiger partial charge is 0.323 e. The van der Waals surface area contributed by atoms with Gasteiger partial charge in [-0.15, -0.1) is 0 Å². The Morgan fingerprint density at radius 2 is 1.94 bits per heavy atom. The number of anilines is 2. The standard InChI is InChI=1S/C22H26ClN5O3/c1-27(2)13-20(29)14-28-12-19(11-24-28)26-22(30)25-18-4-3-5-21(10-18)31-15-16-6-8-17(23)9-7-16/h3-12,20,29H,13-15H2,1-2H3,(H2,25,26,30). The summed E-state index contributed by atoms with van der Waals surface area (Å²) in [5.41, 5.74) is 2.12. The molecule has 9 heteroatoms. The predicted molar refractivity (Wildman–Crippen MR) is 122 cm³/mol. The first-order chi connectivity index (χ1) is 14.9. The van der Waals surface area contributed by atoms with Crippen LogP contribution in [0.3, 0.4) is 0 Å². The quantitative estimate of drug-likeness (QED) is 0.469. The molecule has 1 aromatic heterocycles. The van der Waals surface area contributed by atoms with Crippen molar-refractivity contribution in [1.29, 1.82) is 0 Å². The SMILES string of the molecule is CN(C)CC(O)Cn1cc(NC(=O)Nc2cccc(OCc3ccc(Cl)cc3)c2)cn1. The van der Waals surface area contributed by atoms with Crippen molar-refractivity contribution in [2.45, 2.75) is 19.3 Å². The maximum absolute atomic E-state index is 12.3. The molecule has 164 valence electrons. The highest BCUT2D eigenvalue weighted by atomic mass is 35.5. The lowest BCUT2D eigenvalue weighted by Crippen LogP contribution is -2.29. The Labute approximate surface area is 186 Å². The highest BCUT2D eigenvalue weighted by Gasteiger charge is 2.10. The molecule has 0 aliphatic rings. The van der Waals surface area contributed by atoms with E-state index in [4.69, 9.17) is 16.3 Å². The number of nitrogens with one attached hydrogen (secondary N) is 2. The van der Waals surface area contributed by atoms with Crippen LogP contribution in [0.2, 0.25) is 5.02 Å². The van der Waals surface area contributed by atoms with E-state index < -0.39 is 12.1 Å². The Hall–Kier alpha value is -3.07. The Bertz CT molecular complexity index is 991. The minimum atomic E-state index is -0.549. The second-order valence-electron chi connectivity index (χ2n) is 7.39. The van der Waals surface area contributed by atoms with Crippen molar-refractivity contribution >= 4 is 29.0 Å². The number of amides is 2. The van der Waals surface area contributed by atoms with Gasteiger partial charge in [0.25, 0.3) is 0 Å². The molecule has 1 heterocycles. The van der Waals surface area contributed by atoms with Gasteiger partial charge in [0.15, 0.2) is 0 Å². The van der Waals surface area contributed by atoms with E-state index in [0.717, 1.165) is 5.56 Å². The van der Waals surface area contributed by atoms with Crippen LogP contribution < -0.4 is 15.4 Å². The van der Waals surface area contributed by atoms with Crippen LogP contribution in [0.25, 0.3) is 0 Å². The van der Waals surface area contributed by atoms with Crippen molar-refractivity contribution in [3.8, 4) is 5.75 Å². The van der Waals surface area contributed by atoms with E-state index >= 15 is 0 Å². The van der Waals surface area contributed by atoms with E-state index in [-0.39, 0.29) is 0 Å². The van der Waals surface area contributed by atoms with E-state index in [0.29, 0.717) is 41.8 Å². The van der Waals surface area contributed by atoms with Gasteiger partial charge in [-0.3, -0.25) is 4.68 Å². The minimum absolute atomic E-state index is 0.342. The number of nitrogens with zero attached hydrogens (tertiary/aromatic N) is 3. The topological polar surface area (TPSA) is 91.7 Å². The molecule has 3 aromatic rings. The first-order valence-corrected chi connectivity index (χ1v) is 10.2. The Morgan fingerprint density at radius 3 is 2.68 bits per heavy atom. The van der Waals surface area contributed by atoms with Crippen LogP contribution >= 0.6 is 11.6 Å². The number of carbonyl (C=O) groups is 1. The molecule has 1 unspecified atom stereocenters. The molecule has 0 fully saturated rings. The summed E-state index contributed by atoms with van der Waals surface area (Å²) in [6, 6.07) is 14.2. The molecular formula is C22H26ClN5O3.